The Morgan fingerprint density at radius 3 is 2.96 bits per heavy atom. The van der Waals surface area contributed by atoms with Gasteiger partial charge in [-0.3, -0.25) is 9.69 Å². The van der Waals surface area contributed by atoms with E-state index in [0.717, 1.165) is 31.7 Å². The molecule has 2 aliphatic rings. The van der Waals surface area contributed by atoms with Gasteiger partial charge in [0.15, 0.2) is 0 Å². The van der Waals surface area contributed by atoms with Gasteiger partial charge in [0, 0.05) is 36.1 Å². The van der Waals surface area contributed by atoms with Crippen molar-refractivity contribution in [2.45, 2.75) is 31.7 Å². The van der Waals surface area contributed by atoms with Crippen LogP contribution in [0.1, 0.15) is 35.7 Å². The van der Waals surface area contributed by atoms with Crippen LogP contribution < -0.4 is 4.90 Å². The number of hydrogen-bond acceptors (Lipinski definition) is 3. The molecule has 1 aromatic carbocycles. The molecule has 0 radical (unpaired) electrons. The van der Waals surface area contributed by atoms with E-state index >= 15 is 0 Å². The van der Waals surface area contributed by atoms with Crippen molar-refractivity contribution in [3.8, 4) is 0 Å². The van der Waals surface area contributed by atoms with Crippen LogP contribution in [0.4, 0.5) is 5.69 Å². The number of fused-ring (bicyclic) bond motifs is 1. The van der Waals surface area contributed by atoms with Gasteiger partial charge in [-0.1, -0.05) is 24.3 Å². The Morgan fingerprint density at radius 2 is 2.09 bits per heavy atom. The fourth-order valence-electron chi connectivity index (χ4n) is 3.87. The van der Waals surface area contributed by atoms with Gasteiger partial charge in [-0.2, -0.15) is 0 Å². The van der Waals surface area contributed by atoms with Crippen LogP contribution in [0.15, 0.2) is 41.8 Å². The average Bonchev–Trinajstić information content (AvgIpc) is 3.30. The lowest BCUT2D eigenvalue weighted by Gasteiger charge is -2.25. The molecule has 1 unspecified atom stereocenters. The van der Waals surface area contributed by atoms with Gasteiger partial charge in [-0.15, -0.1) is 11.3 Å². The highest BCUT2D eigenvalue weighted by Gasteiger charge is 2.29. The molecular weight excluding hydrogens is 304 g/mol. The molecular formula is C19H22N2OS. The quantitative estimate of drug-likeness (QED) is 0.851. The van der Waals surface area contributed by atoms with Crippen molar-refractivity contribution in [1.29, 1.82) is 0 Å². The Balaban J connectivity index is 1.39. The molecule has 1 fully saturated rings. The van der Waals surface area contributed by atoms with Gasteiger partial charge < -0.3 is 4.90 Å². The zero-order chi connectivity index (χ0) is 15.6. The summed E-state index contributed by atoms with van der Waals surface area (Å²) in [7, 11) is 0. The van der Waals surface area contributed by atoms with Crippen LogP contribution in [-0.4, -0.2) is 30.4 Å². The van der Waals surface area contributed by atoms with E-state index in [0.29, 0.717) is 12.5 Å². The van der Waals surface area contributed by atoms with Gasteiger partial charge in [0.25, 0.3) is 0 Å². The SMILES string of the molecule is O=C(CCN1CCCC1c1cccs1)N1CCc2ccccc21. The number of anilines is 1. The first-order valence-electron chi connectivity index (χ1n) is 8.48. The van der Waals surface area contributed by atoms with E-state index in [-0.39, 0.29) is 5.91 Å². The van der Waals surface area contributed by atoms with Gasteiger partial charge in [0.05, 0.1) is 0 Å². The topological polar surface area (TPSA) is 23.6 Å². The molecule has 1 amide bonds. The van der Waals surface area contributed by atoms with E-state index < -0.39 is 0 Å². The fourth-order valence-corrected chi connectivity index (χ4v) is 4.76. The molecule has 3 nitrogen and oxygen atoms in total. The third-order valence-corrected chi connectivity index (χ3v) is 6.01. The first-order valence-corrected chi connectivity index (χ1v) is 9.36. The minimum absolute atomic E-state index is 0.270. The van der Waals surface area contributed by atoms with Gasteiger partial charge in [0.1, 0.15) is 0 Å². The predicted octanol–water partition coefficient (Wildman–Crippen LogP) is 3.86. The molecule has 2 aromatic rings. The smallest absolute Gasteiger partial charge is 0.228 e. The molecule has 0 spiro atoms. The number of thiophene rings is 1. The number of rotatable bonds is 4. The summed E-state index contributed by atoms with van der Waals surface area (Å²) < 4.78 is 0. The van der Waals surface area contributed by atoms with Crippen molar-refractivity contribution < 1.29 is 4.79 Å². The lowest BCUT2D eigenvalue weighted by Crippen LogP contribution is -2.33. The maximum absolute atomic E-state index is 12.7. The lowest BCUT2D eigenvalue weighted by atomic mass is 10.2. The predicted molar refractivity (Wildman–Crippen MR) is 95.0 cm³/mol. The normalized spacial score (nSPS) is 20.9. The highest BCUT2D eigenvalue weighted by molar-refractivity contribution is 7.10. The van der Waals surface area contributed by atoms with Gasteiger partial charge >= 0.3 is 0 Å². The summed E-state index contributed by atoms with van der Waals surface area (Å²) in [6.07, 6.45) is 4.07. The molecule has 0 aliphatic carbocycles. The fraction of sp³-hybridized carbons (Fsp3) is 0.421. The Labute approximate surface area is 141 Å². The molecule has 2 aliphatic heterocycles. The zero-order valence-electron chi connectivity index (χ0n) is 13.3. The minimum atomic E-state index is 0.270. The van der Waals surface area contributed by atoms with Gasteiger partial charge in [0.2, 0.25) is 5.91 Å². The van der Waals surface area contributed by atoms with E-state index in [1.165, 1.54) is 23.3 Å². The summed E-state index contributed by atoms with van der Waals surface area (Å²) >= 11 is 1.84. The molecule has 4 rings (SSSR count). The Hall–Kier alpha value is -1.65. The number of nitrogens with zero attached hydrogens (tertiary/aromatic N) is 2. The summed E-state index contributed by atoms with van der Waals surface area (Å²) in [5.74, 6) is 0.270. The number of hydrogen-bond donors (Lipinski definition) is 0. The third-order valence-electron chi connectivity index (χ3n) is 5.04. The van der Waals surface area contributed by atoms with Crippen LogP contribution in [-0.2, 0) is 11.2 Å². The summed E-state index contributed by atoms with van der Waals surface area (Å²) in [5.41, 5.74) is 2.42. The van der Waals surface area contributed by atoms with Gasteiger partial charge in [-0.05, 0) is 48.9 Å². The number of amides is 1. The van der Waals surface area contributed by atoms with Crippen LogP contribution in [0.2, 0.25) is 0 Å². The minimum Gasteiger partial charge on any atom is -0.312 e. The second-order valence-electron chi connectivity index (χ2n) is 6.38. The molecule has 0 bridgehead atoms. The van der Waals surface area contributed by atoms with Crippen molar-refractivity contribution >= 4 is 22.9 Å². The number of para-hydroxylation sites is 1. The molecule has 0 saturated carbocycles. The van der Waals surface area contributed by atoms with E-state index in [2.05, 4.69) is 40.6 Å². The molecule has 1 saturated heterocycles. The number of likely N-dealkylation sites (tertiary alicyclic amines) is 1. The Kier molecular flexibility index (Phi) is 4.19. The maximum atomic E-state index is 12.7. The van der Waals surface area contributed by atoms with Crippen LogP contribution in [0, 0.1) is 0 Å². The highest BCUT2D eigenvalue weighted by Crippen LogP contribution is 2.34. The van der Waals surface area contributed by atoms with Crippen molar-refractivity contribution in [2.75, 3.05) is 24.5 Å². The second-order valence-corrected chi connectivity index (χ2v) is 7.36. The molecule has 120 valence electrons. The standard InChI is InChI=1S/C19H22N2OS/c22-19(21-13-9-15-5-1-2-6-16(15)21)10-12-20-11-3-7-17(20)18-8-4-14-23-18/h1-2,4-6,8,14,17H,3,7,9-13H2. The first kappa shape index (κ1) is 14.9. The lowest BCUT2D eigenvalue weighted by molar-refractivity contribution is -0.118. The maximum Gasteiger partial charge on any atom is 0.228 e. The summed E-state index contributed by atoms with van der Waals surface area (Å²) in [6.45, 7) is 2.83. The van der Waals surface area contributed by atoms with Gasteiger partial charge in [-0.25, -0.2) is 0 Å². The van der Waals surface area contributed by atoms with E-state index in [4.69, 9.17) is 0 Å². The average molecular weight is 326 g/mol. The van der Waals surface area contributed by atoms with Crippen molar-refractivity contribution in [2.24, 2.45) is 0 Å². The number of carbonyl (C=O) groups is 1. The zero-order valence-corrected chi connectivity index (χ0v) is 14.1. The van der Waals surface area contributed by atoms with E-state index in [1.807, 2.05) is 22.3 Å². The van der Waals surface area contributed by atoms with Crippen LogP contribution in [0.5, 0.6) is 0 Å². The number of benzene rings is 1. The highest BCUT2D eigenvalue weighted by atomic mass is 32.1. The first-order chi connectivity index (χ1) is 11.3. The molecule has 1 atom stereocenters. The van der Waals surface area contributed by atoms with Crippen LogP contribution in [0.3, 0.4) is 0 Å². The Bertz CT molecular complexity index is 682. The van der Waals surface area contributed by atoms with Crippen LogP contribution >= 0.6 is 11.3 Å². The van der Waals surface area contributed by atoms with E-state index in [1.54, 1.807) is 0 Å². The molecule has 1 aromatic heterocycles. The van der Waals surface area contributed by atoms with E-state index in [9.17, 15) is 4.79 Å². The Morgan fingerprint density at radius 1 is 1.17 bits per heavy atom. The largest absolute Gasteiger partial charge is 0.312 e. The van der Waals surface area contributed by atoms with Crippen molar-refractivity contribution in [3.63, 3.8) is 0 Å². The summed E-state index contributed by atoms with van der Waals surface area (Å²) in [4.78, 5) is 18.6. The van der Waals surface area contributed by atoms with Crippen molar-refractivity contribution in [3.05, 3.63) is 52.2 Å². The second kappa shape index (κ2) is 6.46. The molecule has 23 heavy (non-hydrogen) atoms. The van der Waals surface area contributed by atoms with Crippen molar-refractivity contribution in [1.82, 2.24) is 4.90 Å². The molecule has 0 N–H and O–H groups in total. The monoisotopic (exact) mass is 326 g/mol. The summed E-state index contributed by atoms with van der Waals surface area (Å²) in [5, 5.41) is 2.15. The van der Waals surface area contributed by atoms with Crippen LogP contribution in [0.25, 0.3) is 0 Å². The molecule has 3 heterocycles. The molecule has 4 heteroatoms. The third kappa shape index (κ3) is 2.93. The summed E-state index contributed by atoms with van der Waals surface area (Å²) in [6, 6.07) is 13.2. The number of carbonyl (C=O) groups excluding carboxylic acids is 1.